The van der Waals surface area contributed by atoms with Gasteiger partial charge in [0.1, 0.15) is 5.75 Å². The van der Waals surface area contributed by atoms with Crippen LogP contribution >= 0.6 is 23.1 Å². The number of aryl methyl sites for hydroxylation is 1. The van der Waals surface area contributed by atoms with Crippen LogP contribution in [0.15, 0.2) is 82.6 Å². The molecule has 2 aliphatic heterocycles. The molecule has 1 saturated heterocycles. The van der Waals surface area contributed by atoms with Gasteiger partial charge >= 0.3 is 4.87 Å². The second-order valence-corrected chi connectivity index (χ2v) is 14.7. The third kappa shape index (κ3) is 4.78. The summed E-state index contributed by atoms with van der Waals surface area (Å²) in [5, 5.41) is 14.8. The molecule has 238 valence electrons. The van der Waals surface area contributed by atoms with E-state index in [2.05, 4.69) is 10.3 Å². The fraction of sp³-hybridized carbons (Fsp3) is 0.294. The van der Waals surface area contributed by atoms with E-state index in [0.29, 0.717) is 11.4 Å². The molecular weight excluding hydrogens is 641 g/mol. The number of rotatable bonds is 7. The number of aromatic nitrogens is 1. The number of carbonyl (C=O) groups is 3. The van der Waals surface area contributed by atoms with Gasteiger partial charge in [-0.1, -0.05) is 41.7 Å². The molecule has 3 heterocycles. The third-order valence-corrected chi connectivity index (χ3v) is 12.6. The number of hydrogen-bond acceptors (Lipinski definition) is 9. The number of imide groups is 1. The number of thioether (sulfide) groups is 1. The number of thiazole rings is 1. The summed E-state index contributed by atoms with van der Waals surface area (Å²) in [5.74, 6) is -1.68. The van der Waals surface area contributed by atoms with Crippen LogP contribution in [0.5, 0.6) is 5.75 Å². The van der Waals surface area contributed by atoms with Gasteiger partial charge in [0, 0.05) is 33.9 Å². The van der Waals surface area contributed by atoms with Gasteiger partial charge in [0.2, 0.25) is 11.8 Å². The van der Waals surface area contributed by atoms with Gasteiger partial charge in [0.15, 0.2) is 6.61 Å². The highest BCUT2D eigenvalue weighted by Crippen LogP contribution is 2.68. The molecule has 4 aromatic rings. The van der Waals surface area contributed by atoms with Crippen molar-refractivity contribution in [3.8, 4) is 5.75 Å². The maximum atomic E-state index is 14.0. The number of carbonyl (C=O) groups excluding carboxylic acids is 3. The average molecular weight is 669 g/mol. The first-order valence-corrected chi connectivity index (χ1v) is 17.0. The highest BCUT2D eigenvalue weighted by molar-refractivity contribution is 8.00. The molecule has 7 atom stereocenters. The lowest BCUT2D eigenvalue weighted by Gasteiger charge is -2.43. The number of nitrogens with zero attached hydrogens (tertiary/aromatic N) is 2. The highest BCUT2D eigenvalue weighted by Gasteiger charge is 2.69. The molecule has 6 unspecified atom stereocenters. The van der Waals surface area contributed by atoms with E-state index < -0.39 is 16.8 Å². The van der Waals surface area contributed by atoms with Gasteiger partial charge in [-0.15, -0.1) is 11.8 Å². The van der Waals surface area contributed by atoms with Crippen LogP contribution in [0.2, 0.25) is 0 Å². The molecular formula is C34H28N4O7S2. The minimum absolute atomic E-state index is 0.00188. The molecule has 4 aliphatic rings. The Labute approximate surface area is 276 Å². The van der Waals surface area contributed by atoms with E-state index in [9.17, 15) is 29.3 Å². The number of fused-ring (bicyclic) bond motifs is 9. The van der Waals surface area contributed by atoms with Gasteiger partial charge in [0.25, 0.3) is 11.6 Å². The minimum atomic E-state index is -0.516. The number of aromatic amines is 1. The van der Waals surface area contributed by atoms with Crippen LogP contribution in [-0.2, 0) is 14.4 Å². The molecule has 0 radical (unpaired) electrons. The summed E-state index contributed by atoms with van der Waals surface area (Å²) in [4.78, 5) is 68.8. The number of nitro benzene ring substituents is 1. The number of para-hydroxylation sites is 1. The summed E-state index contributed by atoms with van der Waals surface area (Å²) in [5.41, 5.74) is 2.81. The van der Waals surface area contributed by atoms with Crippen molar-refractivity contribution in [2.24, 2.45) is 29.6 Å². The molecule has 8 rings (SSSR count). The van der Waals surface area contributed by atoms with Gasteiger partial charge in [-0.2, -0.15) is 0 Å². The molecule has 3 fully saturated rings. The Hall–Kier alpha value is -4.75. The van der Waals surface area contributed by atoms with Crippen molar-refractivity contribution in [1.29, 1.82) is 0 Å². The zero-order valence-corrected chi connectivity index (χ0v) is 26.6. The predicted octanol–water partition coefficient (Wildman–Crippen LogP) is 5.35. The van der Waals surface area contributed by atoms with Crippen molar-refractivity contribution in [2.45, 2.75) is 29.5 Å². The lowest BCUT2D eigenvalue weighted by Crippen LogP contribution is -2.42. The zero-order chi connectivity index (χ0) is 32.6. The average Bonchev–Trinajstić information content (AvgIpc) is 3.80. The number of hydrogen-bond donors (Lipinski definition) is 2. The Balaban J connectivity index is 1.08. The SMILES string of the molecule is Cc1ccccc1NC(=O)COc1cccc([C@H]2c3sc(=O)[nH]c3SC3C4CC(C5C(=O)N(c6ccc([N+](=O)[O-])cc6)C(=O)C45)C32)c1. The second-order valence-electron chi connectivity index (χ2n) is 12.5. The van der Waals surface area contributed by atoms with Crippen molar-refractivity contribution >= 4 is 57.9 Å². The zero-order valence-electron chi connectivity index (χ0n) is 25.0. The minimum Gasteiger partial charge on any atom is -0.484 e. The standard InChI is InChI=1S/C34H28N4O7S2/c1-16-5-2-3-8-23(16)35-24(39)15-45-20-7-4-6-17(13-20)25-26-21-14-22(29(26)46-31-30(25)47-34(42)36-31)28-27(21)32(40)37(33(28)41)18-9-11-19(12-10-18)38(43)44/h2-13,21-22,25-29H,14-15H2,1H3,(H,35,39)(H,36,42)/t21?,22?,25-,26?,27?,28?,29?/m1/s1. The Morgan fingerprint density at radius 2 is 1.77 bits per heavy atom. The topological polar surface area (TPSA) is 152 Å². The Bertz CT molecular complexity index is 2020. The largest absolute Gasteiger partial charge is 0.484 e. The van der Waals surface area contributed by atoms with Gasteiger partial charge in [-0.3, -0.25) is 34.2 Å². The maximum absolute atomic E-state index is 14.0. The van der Waals surface area contributed by atoms with Gasteiger partial charge in [-0.25, -0.2) is 0 Å². The number of non-ortho nitro benzene ring substituents is 1. The smallest absolute Gasteiger partial charge is 0.305 e. The number of nitrogens with one attached hydrogen (secondary N) is 2. The van der Waals surface area contributed by atoms with Crippen LogP contribution in [0.3, 0.4) is 0 Å². The molecule has 1 aromatic heterocycles. The van der Waals surface area contributed by atoms with Gasteiger partial charge in [0.05, 0.1) is 27.5 Å². The first kappa shape index (κ1) is 29.6. The van der Waals surface area contributed by atoms with E-state index in [1.807, 2.05) is 49.4 Å². The van der Waals surface area contributed by atoms with Crippen LogP contribution in [0.25, 0.3) is 0 Å². The summed E-state index contributed by atoms with van der Waals surface area (Å²) < 4.78 is 5.93. The van der Waals surface area contributed by atoms with Crippen molar-refractivity contribution in [1.82, 2.24) is 4.98 Å². The van der Waals surface area contributed by atoms with E-state index in [1.165, 1.54) is 40.5 Å². The van der Waals surface area contributed by atoms with Crippen molar-refractivity contribution in [2.75, 3.05) is 16.8 Å². The number of amides is 3. The quantitative estimate of drug-likeness (QED) is 0.152. The number of ether oxygens (including phenoxy) is 1. The fourth-order valence-corrected chi connectivity index (χ4v) is 11.1. The van der Waals surface area contributed by atoms with E-state index in [4.69, 9.17) is 4.74 Å². The number of H-pyrrole nitrogens is 1. The molecule has 2 aliphatic carbocycles. The van der Waals surface area contributed by atoms with E-state index >= 15 is 0 Å². The van der Waals surface area contributed by atoms with Gasteiger partial charge in [-0.05, 0) is 72.6 Å². The van der Waals surface area contributed by atoms with Crippen LogP contribution < -0.4 is 19.8 Å². The summed E-state index contributed by atoms with van der Waals surface area (Å²) in [7, 11) is 0. The van der Waals surface area contributed by atoms with Crippen LogP contribution in [0.1, 0.15) is 28.3 Å². The van der Waals surface area contributed by atoms with Crippen LogP contribution in [0.4, 0.5) is 17.1 Å². The van der Waals surface area contributed by atoms with E-state index in [0.717, 1.165) is 33.1 Å². The molecule has 11 nitrogen and oxygen atoms in total. The third-order valence-electron chi connectivity index (χ3n) is 10.0. The first-order chi connectivity index (χ1) is 22.7. The van der Waals surface area contributed by atoms with Crippen molar-refractivity contribution < 1.29 is 24.0 Å². The lowest BCUT2D eigenvalue weighted by molar-refractivity contribution is -0.384. The summed E-state index contributed by atoms with van der Waals surface area (Å²) in [6.07, 6.45) is 0.730. The monoisotopic (exact) mass is 668 g/mol. The summed E-state index contributed by atoms with van der Waals surface area (Å²) >= 11 is 2.77. The van der Waals surface area contributed by atoms with Crippen molar-refractivity contribution in [3.05, 3.63) is 109 Å². The molecule has 2 saturated carbocycles. The van der Waals surface area contributed by atoms with Crippen LogP contribution in [0, 0.1) is 46.6 Å². The molecule has 3 aromatic carbocycles. The lowest BCUT2D eigenvalue weighted by atomic mass is 9.68. The maximum Gasteiger partial charge on any atom is 0.305 e. The predicted molar refractivity (Wildman–Crippen MR) is 176 cm³/mol. The Morgan fingerprint density at radius 3 is 2.51 bits per heavy atom. The number of nitro groups is 1. The highest BCUT2D eigenvalue weighted by atomic mass is 32.2. The molecule has 0 spiro atoms. The Morgan fingerprint density at radius 1 is 1.02 bits per heavy atom. The molecule has 2 bridgehead atoms. The van der Waals surface area contributed by atoms with E-state index in [-0.39, 0.29) is 63.8 Å². The fourth-order valence-electron chi connectivity index (χ4n) is 8.21. The van der Waals surface area contributed by atoms with Gasteiger partial charge < -0.3 is 15.0 Å². The summed E-state index contributed by atoms with van der Waals surface area (Å²) in [6, 6.07) is 20.6. The number of anilines is 2. The van der Waals surface area contributed by atoms with Crippen LogP contribution in [-0.4, -0.2) is 39.5 Å². The normalized spacial score (nSPS) is 26.9. The van der Waals surface area contributed by atoms with Crippen molar-refractivity contribution in [3.63, 3.8) is 0 Å². The second kappa shape index (κ2) is 11.2. The Kier molecular flexibility index (Phi) is 7.06. The first-order valence-electron chi connectivity index (χ1n) is 15.3. The van der Waals surface area contributed by atoms with E-state index in [1.54, 1.807) is 17.8 Å². The molecule has 13 heteroatoms. The summed E-state index contributed by atoms with van der Waals surface area (Å²) in [6.45, 7) is 1.73. The number of benzene rings is 3. The molecule has 2 N–H and O–H groups in total. The molecule has 47 heavy (non-hydrogen) atoms. The molecule has 3 amide bonds.